The molecule has 0 saturated heterocycles. The molecule has 0 N–H and O–H groups in total. The molecule has 0 bridgehead atoms. The predicted octanol–water partition coefficient (Wildman–Crippen LogP) is 10.0. The molecular formula is C35H26. The van der Waals surface area contributed by atoms with Crippen molar-refractivity contribution in [2.24, 2.45) is 0 Å². The summed E-state index contributed by atoms with van der Waals surface area (Å²) < 4.78 is 0. The summed E-state index contributed by atoms with van der Waals surface area (Å²) in [5.41, 5.74) is 2.80. The second-order valence-electron chi connectivity index (χ2n) is 9.67. The smallest absolute Gasteiger partial charge is 0.00240 e. The van der Waals surface area contributed by atoms with E-state index >= 15 is 0 Å². The average Bonchev–Trinajstić information content (AvgIpc) is 2.92. The topological polar surface area (TPSA) is 0 Å². The van der Waals surface area contributed by atoms with Crippen LogP contribution in [0.1, 0.15) is 18.1 Å². The van der Waals surface area contributed by atoms with Crippen LogP contribution in [0.5, 0.6) is 0 Å². The van der Waals surface area contributed by atoms with Gasteiger partial charge < -0.3 is 0 Å². The van der Waals surface area contributed by atoms with Crippen LogP contribution < -0.4 is 0 Å². The van der Waals surface area contributed by atoms with Crippen molar-refractivity contribution in [3.05, 3.63) is 120 Å². The van der Waals surface area contributed by atoms with Crippen molar-refractivity contribution in [2.75, 3.05) is 0 Å². The van der Waals surface area contributed by atoms with Crippen molar-refractivity contribution in [2.45, 2.75) is 20.3 Å². The summed E-state index contributed by atoms with van der Waals surface area (Å²) in [4.78, 5) is 0. The van der Waals surface area contributed by atoms with Crippen molar-refractivity contribution < 1.29 is 0 Å². The molecule has 0 fully saturated rings. The minimum Gasteiger partial charge on any atom is -0.0613 e. The number of rotatable bonds is 1. The lowest BCUT2D eigenvalue weighted by Gasteiger charge is -2.12. The summed E-state index contributed by atoms with van der Waals surface area (Å²) in [6.07, 6.45) is 1.09. The third-order valence-electron chi connectivity index (χ3n) is 7.75. The molecule has 0 saturated carbocycles. The normalized spacial score (nSPS) is 11.8. The van der Waals surface area contributed by atoms with Crippen LogP contribution >= 0.6 is 0 Å². The third kappa shape index (κ3) is 3.00. The Morgan fingerprint density at radius 1 is 0.400 bits per heavy atom. The summed E-state index contributed by atoms with van der Waals surface area (Å²) in [5.74, 6) is 0. The minimum atomic E-state index is 1.09. The van der Waals surface area contributed by atoms with Gasteiger partial charge in [0, 0.05) is 0 Å². The standard InChI is InChI=1S/C18H14.C17H12/c1-2-12-6-7-15-9-8-13-4-3-5-14-10-11-16(12)18(15)17(13)14;1-11-5-6-14-8-7-12-3-2-4-13-9-10-15(11)17(14)16(12)13/h3-11H,2H2,1H3;2-10H,1H3. The van der Waals surface area contributed by atoms with E-state index in [1.54, 1.807) is 0 Å². The van der Waals surface area contributed by atoms with Gasteiger partial charge in [0.05, 0.1) is 0 Å². The molecule has 8 aromatic carbocycles. The highest BCUT2D eigenvalue weighted by molar-refractivity contribution is 6.24. The number of hydrogen-bond donors (Lipinski definition) is 0. The van der Waals surface area contributed by atoms with E-state index in [0.29, 0.717) is 0 Å². The molecule has 0 spiro atoms. The van der Waals surface area contributed by atoms with E-state index in [9.17, 15) is 0 Å². The molecule has 0 heterocycles. The molecule has 0 nitrogen and oxygen atoms in total. The molecule has 0 radical (unpaired) electrons. The lowest BCUT2D eigenvalue weighted by atomic mass is 9.91. The van der Waals surface area contributed by atoms with Gasteiger partial charge in [-0.25, -0.2) is 0 Å². The predicted molar refractivity (Wildman–Crippen MR) is 154 cm³/mol. The lowest BCUT2D eigenvalue weighted by Crippen LogP contribution is -1.88. The van der Waals surface area contributed by atoms with E-state index < -0.39 is 0 Å². The number of benzene rings is 8. The second kappa shape index (κ2) is 7.68. The summed E-state index contributed by atoms with van der Waals surface area (Å²) in [5, 5.41) is 16.5. The van der Waals surface area contributed by atoms with Crippen LogP contribution in [0.2, 0.25) is 0 Å². The first-order chi connectivity index (χ1) is 17.2. The molecule has 0 unspecified atom stereocenters. The van der Waals surface area contributed by atoms with E-state index in [-0.39, 0.29) is 0 Å². The summed E-state index contributed by atoms with van der Waals surface area (Å²) in [6.45, 7) is 4.41. The Morgan fingerprint density at radius 2 is 0.800 bits per heavy atom. The lowest BCUT2D eigenvalue weighted by molar-refractivity contribution is 1.16. The highest BCUT2D eigenvalue weighted by Crippen LogP contribution is 2.37. The van der Waals surface area contributed by atoms with Gasteiger partial charge in [-0.15, -0.1) is 0 Å². The Morgan fingerprint density at radius 3 is 1.34 bits per heavy atom. The van der Waals surface area contributed by atoms with Crippen molar-refractivity contribution in [3.8, 4) is 0 Å². The minimum absolute atomic E-state index is 1.09. The Balaban J connectivity index is 0.000000120. The Kier molecular flexibility index (Phi) is 4.44. The fourth-order valence-electron chi connectivity index (χ4n) is 5.99. The van der Waals surface area contributed by atoms with E-state index in [1.165, 1.54) is 75.8 Å². The van der Waals surface area contributed by atoms with E-state index in [1.807, 2.05) is 0 Å². The van der Waals surface area contributed by atoms with Gasteiger partial charge >= 0.3 is 0 Å². The summed E-state index contributed by atoms with van der Waals surface area (Å²) >= 11 is 0. The Labute approximate surface area is 205 Å². The maximum Gasteiger partial charge on any atom is -0.00240 e. The van der Waals surface area contributed by atoms with Crippen molar-refractivity contribution in [3.63, 3.8) is 0 Å². The van der Waals surface area contributed by atoms with Crippen LogP contribution in [-0.4, -0.2) is 0 Å². The van der Waals surface area contributed by atoms with Crippen LogP contribution in [0.15, 0.2) is 109 Å². The van der Waals surface area contributed by atoms with Gasteiger partial charge in [0.1, 0.15) is 0 Å². The number of hydrogen-bond acceptors (Lipinski definition) is 0. The third-order valence-corrected chi connectivity index (χ3v) is 7.75. The molecule has 0 aromatic heterocycles. The van der Waals surface area contributed by atoms with Gasteiger partial charge in [-0.3, -0.25) is 0 Å². The van der Waals surface area contributed by atoms with Crippen molar-refractivity contribution in [1.29, 1.82) is 0 Å². The highest BCUT2D eigenvalue weighted by Gasteiger charge is 2.10. The van der Waals surface area contributed by atoms with Gasteiger partial charge in [0.25, 0.3) is 0 Å². The quantitative estimate of drug-likeness (QED) is 0.220. The zero-order valence-corrected chi connectivity index (χ0v) is 20.1. The van der Waals surface area contributed by atoms with Crippen LogP contribution in [0.4, 0.5) is 0 Å². The van der Waals surface area contributed by atoms with Crippen molar-refractivity contribution in [1.82, 2.24) is 0 Å². The summed E-state index contributed by atoms with van der Waals surface area (Å²) in [7, 11) is 0. The molecule has 0 aliphatic heterocycles. The molecule has 35 heavy (non-hydrogen) atoms. The van der Waals surface area contributed by atoms with Gasteiger partial charge in [0.2, 0.25) is 0 Å². The maximum atomic E-state index is 2.28. The Bertz CT molecular complexity index is 1960. The SMILES string of the molecule is CCc1ccc2ccc3cccc4ccc1c2c34.Cc1ccc2ccc3cccc4ccc1c2c34. The highest BCUT2D eigenvalue weighted by atomic mass is 14.1. The molecule has 0 heteroatoms. The fourth-order valence-corrected chi connectivity index (χ4v) is 5.99. The molecular weight excluding hydrogens is 420 g/mol. The zero-order valence-electron chi connectivity index (χ0n) is 20.1. The first kappa shape index (κ1) is 20.2. The molecule has 8 rings (SSSR count). The first-order valence-corrected chi connectivity index (χ1v) is 12.5. The van der Waals surface area contributed by atoms with Gasteiger partial charge in [-0.2, -0.15) is 0 Å². The molecule has 0 atom stereocenters. The van der Waals surface area contributed by atoms with Crippen molar-refractivity contribution >= 4 is 64.6 Å². The zero-order chi connectivity index (χ0) is 23.5. The van der Waals surface area contributed by atoms with E-state index in [4.69, 9.17) is 0 Å². The second-order valence-corrected chi connectivity index (χ2v) is 9.67. The molecule has 0 amide bonds. The Hall–Kier alpha value is -4.16. The monoisotopic (exact) mass is 446 g/mol. The van der Waals surface area contributed by atoms with Crippen LogP contribution in [0.25, 0.3) is 64.6 Å². The maximum absolute atomic E-state index is 2.28. The van der Waals surface area contributed by atoms with Gasteiger partial charge in [-0.05, 0) is 89.1 Å². The molecule has 0 aliphatic rings. The van der Waals surface area contributed by atoms with Crippen LogP contribution in [-0.2, 0) is 6.42 Å². The molecule has 0 aliphatic carbocycles. The average molecular weight is 447 g/mol. The van der Waals surface area contributed by atoms with Gasteiger partial charge in [0.15, 0.2) is 0 Å². The van der Waals surface area contributed by atoms with Gasteiger partial charge in [-0.1, -0.05) is 116 Å². The number of aryl methyl sites for hydroxylation is 2. The van der Waals surface area contributed by atoms with Crippen LogP contribution in [0.3, 0.4) is 0 Å². The van der Waals surface area contributed by atoms with E-state index in [0.717, 1.165) is 6.42 Å². The largest absolute Gasteiger partial charge is 0.0613 e. The van der Waals surface area contributed by atoms with Crippen LogP contribution in [0, 0.1) is 6.92 Å². The molecule has 166 valence electrons. The molecule has 8 aromatic rings. The summed E-state index contributed by atoms with van der Waals surface area (Å²) in [6, 6.07) is 40.0. The fraction of sp³-hybridized carbons (Fsp3) is 0.0857. The first-order valence-electron chi connectivity index (χ1n) is 12.5. The van der Waals surface area contributed by atoms with E-state index in [2.05, 4.69) is 123 Å².